The number of carbonyl (C=O) groups is 1. The van der Waals surface area contributed by atoms with Crippen molar-refractivity contribution < 1.29 is 23.1 Å². The van der Waals surface area contributed by atoms with E-state index in [-0.39, 0.29) is 24.2 Å². The van der Waals surface area contributed by atoms with Gasteiger partial charge in [0.25, 0.3) is 0 Å². The van der Waals surface area contributed by atoms with Crippen molar-refractivity contribution in [2.75, 3.05) is 14.2 Å². The van der Waals surface area contributed by atoms with Crippen molar-refractivity contribution in [3.63, 3.8) is 0 Å². The van der Waals surface area contributed by atoms with E-state index >= 15 is 0 Å². The average Bonchev–Trinajstić information content (AvgIpc) is 2.23. The topological polar surface area (TPSA) is 85.7 Å². The summed E-state index contributed by atoms with van der Waals surface area (Å²) in [4.78, 5) is 11.4. The van der Waals surface area contributed by atoms with E-state index in [0.717, 1.165) is 0 Å². The summed E-state index contributed by atoms with van der Waals surface area (Å²) >= 11 is 0. The first-order valence-corrected chi connectivity index (χ1v) is 6.83. The van der Waals surface area contributed by atoms with Crippen molar-refractivity contribution in [2.45, 2.75) is 39.0 Å². The molecule has 0 saturated heterocycles. The summed E-state index contributed by atoms with van der Waals surface area (Å²) in [6.07, 6.45) is -0.258. The maximum absolute atomic E-state index is 12.1. The van der Waals surface area contributed by atoms with E-state index in [9.17, 15) is 9.36 Å². The molecule has 0 aliphatic heterocycles. The second-order valence-electron chi connectivity index (χ2n) is 3.83. The fourth-order valence-electron chi connectivity index (χ4n) is 1.32. The monoisotopic (exact) mass is 265 g/mol. The lowest BCUT2D eigenvalue weighted by Crippen LogP contribution is -2.25. The summed E-state index contributed by atoms with van der Waals surface area (Å²) in [5.41, 5.74) is -0.997. The lowest BCUT2D eigenvalue weighted by atomic mass is 10.2. The van der Waals surface area contributed by atoms with Crippen LogP contribution >= 0.6 is 7.60 Å². The zero-order valence-electron chi connectivity index (χ0n) is 10.9. The van der Waals surface area contributed by atoms with Gasteiger partial charge < -0.3 is 13.8 Å². The van der Waals surface area contributed by atoms with Gasteiger partial charge in [-0.05, 0) is 20.8 Å². The first-order valence-electron chi connectivity index (χ1n) is 5.22. The van der Waals surface area contributed by atoms with Crippen LogP contribution in [0.2, 0.25) is 0 Å². The maximum Gasteiger partial charge on any atom is 0.341 e. The molecule has 1 unspecified atom stereocenters. The van der Waals surface area contributed by atoms with Crippen LogP contribution in [0.5, 0.6) is 0 Å². The van der Waals surface area contributed by atoms with Gasteiger partial charge in [0, 0.05) is 20.6 Å². The standard InChI is InChI=1S/C10H20NO5P/c1-7(2)16-10(11)6-9(8(3)12)17(13,14-4)15-5/h7,9,11H,6H2,1-5H3. The first-order chi connectivity index (χ1) is 7.76. The third-order valence-electron chi connectivity index (χ3n) is 2.12. The van der Waals surface area contributed by atoms with Crippen LogP contribution in [0.25, 0.3) is 0 Å². The Morgan fingerprint density at radius 2 is 1.76 bits per heavy atom. The lowest BCUT2D eigenvalue weighted by molar-refractivity contribution is -0.117. The molecule has 0 fully saturated rings. The van der Waals surface area contributed by atoms with Crippen molar-refractivity contribution in [3.8, 4) is 0 Å². The molecule has 6 nitrogen and oxygen atoms in total. The van der Waals surface area contributed by atoms with Crippen LogP contribution in [0.1, 0.15) is 27.2 Å². The molecule has 0 saturated carbocycles. The molecule has 0 aromatic rings. The lowest BCUT2D eigenvalue weighted by Gasteiger charge is -2.22. The number of carbonyl (C=O) groups excluding carboxylic acids is 1. The summed E-state index contributed by atoms with van der Waals surface area (Å²) in [5, 5.41) is 7.57. The molecule has 100 valence electrons. The Morgan fingerprint density at radius 3 is 2.06 bits per heavy atom. The van der Waals surface area contributed by atoms with E-state index in [1.807, 2.05) is 0 Å². The van der Waals surface area contributed by atoms with E-state index in [2.05, 4.69) is 0 Å². The molecule has 0 rings (SSSR count). The predicted molar refractivity (Wildman–Crippen MR) is 64.7 cm³/mol. The Balaban J connectivity index is 4.83. The zero-order valence-corrected chi connectivity index (χ0v) is 11.7. The third kappa shape index (κ3) is 4.98. The Bertz CT molecular complexity index is 321. The molecule has 1 N–H and O–H groups in total. The second kappa shape index (κ2) is 6.89. The molecular weight excluding hydrogens is 245 g/mol. The van der Waals surface area contributed by atoms with Gasteiger partial charge in [0.05, 0.1) is 6.10 Å². The molecule has 0 aromatic carbocycles. The number of nitrogens with one attached hydrogen (secondary N) is 1. The molecule has 0 spiro atoms. The van der Waals surface area contributed by atoms with Crippen molar-refractivity contribution in [3.05, 3.63) is 0 Å². The molecule has 17 heavy (non-hydrogen) atoms. The summed E-state index contributed by atoms with van der Waals surface area (Å²) in [6, 6.07) is 0. The molecule has 7 heteroatoms. The predicted octanol–water partition coefficient (Wildman–Crippen LogP) is 2.22. The van der Waals surface area contributed by atoms with E-state index in [1.165, 1.54) is 21.1 Å². The highest BCUT2D eigenvalue weighted by atomic mass is 31.2. The normalized spacial score (nSPS) is 13.5. The second-order valence-corrected chi connectivity index (χ2v) is 6.26. The molecule has 0 aromatic heterocycles. The zero-order chi connectivity index (χ0) is 13.6. The minimum atomic E-state index is -3.52. The highest BCUT2D eigenvalue weighted by molar-refractivity contribution is 7.55. The van der Waals surface area contributed by atoms with Crippen LogP contribution in [-0.4, -0.2) is 37.7 Å². The van der Waals surface area contributed by atoms with Gasteiger partial charge in [-0.15, -0.1) is 0 Å². The fraction of sp³-hybridized carbons (Fsp3) is 0.800. The van der Waals surface area contributed by atoms with Gasteiger partial charge in [-0.3, -0.25) is 14.8 Å². The Labute approximate surface area is 102 Å². The fourth-order valence-corrected chi connectivity index (χ4v) is 2.81. The molecule has 0 radical (unpaired) electrons. The minimum absolute atomic E-state index is 0.0908. The van der Waals surface area contributed by atoms with Crippen molar-refractivity contribution >= 4 is 19.3 Å². The molecule has 1 atom stereocenters. The van der Waals surface area contributed by atoms with Crippen molar-refractivity contribution in [1.82, 2.24) is 0 Å². The van der Waals surface area contributed by atoms with Crippen LogP contribution in [0.15, 0.2) is 0 Å². The van der Waals surface area contributed by atoms with Gasteiger partial charge in [-0.1, -0.05) is 0 Å². The molecule has 0 aliphatic rings. The first kappa shape index (κ1) is 16.3. The largest absolute Gasteiger partial charge is 0.478 e. The summed E-state index contributed by atoms with van der Waals surface area (Å²) in [6.45, 7) is 4.82. The smallest absolute Gasteiger partial charge is 0.341 e. The maximum atomic E-state index is 12.1. The molecule has 0 amide bonds. The third-order valence-corrected chi connectivity index (χ3v) is 4.44. The van der Waals surface area contributed by atoms with Gasteiger partial charge in [-0.25, -0.2) is 0 Å². The van der Waals surface area contributed by atoms with Gasteiger partial charge in [-0.2, -0.15) is 0 Å². The summed E-state index contributed by atoms with van der Waals surface area (Å²) in [5.74, 6) is -0.455. The Kier molecular flexibility index (Phi) is 6.60. The number of hydrogen-bond acceptors (Lipinski definition) is 6. The van der Waals surface area contributed by atoms with Gasteiger partial charge >= 0.3 is 7.60 Å². The molecular formula is C10H20NO5P. The number of rotatable bonds is 7. The van der Waals surface area contributed by atoms with Crippen molar-refractivity contribution in [2.24, 2.45) is 0 Å². The van der Waals surface area contributed by atoms with E-state index < -0.39 is 13.3 Å². The minimum Gasteiger partial charge on any atom is -0.478 e. The summed E-state index contributed by atoms with van der Waals surface area (Å²) in [7, 11) is -1.08. The van der Waals surface area contributed by atoms with E-state index in [1.54, 1.807) is 13.8 Å². The Hall–Kier alpha value is -0.710. The van der Waals surface area contributed by atoms with E-state index in [0.29, 0.717) is 0 Å². The van der Waals surface area contributed by atoms with Crippen LogP contribution < -0.4 is 0 Å². The van der Waals surface area contributed by atoms with Gasteiger partial charge in [0.1, 0.15) is 11.4 Å². The van der Waals surface area contributed by atoms with Crippen LogP contribution in [0.4, 0.5) is 0 Å². The van der Waals surface area contributed by atoms with Crippen LogP contribution in [0.3, 0.4) is 0 Å². The Morgan fingerprint density at radius 1 is 1.29 bits per heavy atom. The SMILES string of the molecule is COP(=O)(OC)C(CC(=N)OC(C)C)C(C)=O. The van der Waals surface area contributed by atoms with Crippen molar-refractivity contribution in [1.29, 1.82) is 5.41 Å². The highest BCUT2D eigenvalue weighted by Crippen LogP contribution is 2.53. The van der Waals surface area contributed by atoms with Crippen LogP contribution in [0, 0.1) is 5.41 Å². The molecule has 0 bridgehead atoms. The molecule has 0 heterocycles. The van der Waals surface area contributed by atoms with Gasteiger partial charge in [0.2, 0.25) is 0 Å². The highest BCUT2D eigenvalue weighted by Gasteiger charge is 2.38. The summed E-state index contributed by atoms with van der Waals surface area (Å²) < 4.78 is 26.8. The van der Waals surface area contributed by atoms with Gasteiger partial charge in [0.15, 0.2) is 5.90 Å². The number of ether oxygens (including phenoxy) is 1. The van der Waals surface area contributed by atoms with Crippen LogP contribution in [-0.2, 0) is 23.1 Å². The number of ketones is 1. The average molecular weight is 265 g/mol. The van der Waals surface area contributed by atoms with E-state index in [4.69, 9.17) is 19.2 Å². The molecule has 0 aliphatic carbocycles. The number of hydrogen-bond donors (Lipinski definition) is 1. The quantitative estimate of drug-likeness (QED) is 0.433. The number of Topliss-reactive ketones (excluding diaryl/α,β-unsaturated/α-hetero) is 1.